The topological polar surface area (TPSA) is 80.3 Å². The van der Waals surface area contributed by atoms with Gasteiger partial charge in [0.2, 0.25) is 0 Å². The molecule has 0 bridgehead atoms. The molecule has 7 heteroatoms. The zero-order chi connectivity index (χ0) is 32.1. The van der Waals surface area contributed by atoms with Crippen molar-refractivity contribution in [2.75, 3.05) is 31.6 Å². The molecule has 250 valence electrons. The van der Waals surface area contributed by atoms with E-state index in [1.54, 1.807) is 0 Å². The zero-order valence-corrected chi connectivity index (χ0v) is 27.9. The molecule has 2 aromatic rings. The molecular weight excluding hydrogens is 564 g/mol. The van der Waals surface area contributed by atoms with E-state index in [0.29, 0.717) is 5.69 Å². The van der Waals surface area contributed by atoms with E-state index in [2.05, 4.69) is 30.6 Å². The second kappa shape index (κ2) is 21.9. The predicted molar refractivity (Wildman–Crippen MR) is 183 cm³/mol. The van der Waals surface area contributed by atoms with Crippen LogP contribution in [0.15, 0.2) is 61.2 Å². The van der Waals surface area contributed by atoms with Crippen molar-refractivity contribution in [2.24, 2.45) is 0 Å². The number of hydrogen-bond acceptors (Lipinski definition) is 6. The first-order valence-electron chi connectivity index (χ1n) is 17.4. The maximum absolute atomic E-state index is 12.2. The predicted octanol–water partition coefficient (Wildman–Crippen LogP) is 9.48. The number of hydrogen-bond donors (Lipinski definition) is 2. The van der Waals surface area contributed by atoms with Gasteiger partial charge in [0, 0.05) is 24.2 Å². The number of carbonyl (C=O) groups excluding carboxylic acids is 1. The van der Waals surface area contributed by atoms with Gasteiger partial charge in [-0.05, 0) is 49.2 Å². The Hall–Kier alpha value is -2.71. The third-order valence-electron chi connectivity index (χ3n) is 8.47. The Morgan fingerprint density at radius 1 is 0.911 bits per heavy atom. The number of rotatable bonds is 22. The van der Waals surface area contributed by atoms with Crippen LogP contribution in [0.3, 0.4) is 0 Å². The molecule has 3 unspecified atom stereocenters. The highest BCUT2D eigenvalue weighted by Gasteiger charge is 2.33. The Morgan fingerprint density at radius 3 is 2.18 bits per heavy atom. The fourth-order valence-electron chi connectivity index (χ4n) is 5.90. The number of nitrogens with one attached hydrogen (secondary N) is 1. The Bertz CT molecular complexity index is 1080. The molecule has 0 radical (unpaired) electrons. The fourth-order valence-corrected chi connectivity index (χ4v) is 5.90. The summed E-state index contributed by atoms with van der Waals surface area (Å²) in [5.74, 6) is 0. The molecule has 2 N–H and O–H groups in total. The molecule has 0 saturated carbocycles. The monoisotopic (exact) mass is 622 g/mol. The van der Waals surface area contributed by atoms with Gasteiger partial charge in [-0.15, -0.1) is 0 Å². The van der Waals surface area contributed by atoms with Crippen molar-refractivity contribution in [3.8, 4) is 0 Å². The van der Waals surface area contributed by atoms with Crippen LogP contribution in [0.2, 0.25) is 0 Å². The van der Waals surface area contributed by atoms with Gasteiger partial charge in [-0.2, -0.15) is 0 Å². The van der Waals surface area contributed by atoms with E-state index < -0.39 is 12.4 Å². The van der Waals surface area contributed by atoms with Crippen molar-refractivity contribution < 1.29 is 24.1 Å². The van der Waals surface area contributed by atoms with Gasteiger partial charge in [0.15, 0.2) is 6.29 Å². The summed E-state index contributed by atoms with van der Waals surface area (Å²) in [4.78, 5) is 14.8. The molecule has 3 atom stereocenters. The van der Waals surface area contributed by atoms with Crippen molar-refractivity contribution in [3.63, 3.8) is 0 Å². The minimum atomic E-state index is -0.581. The molecular formula is C38H58N2O5. The quantitative estimate of drug-likeness (QED) is 0.101. The standard InChI is InChI=1S/C38H58N2O5/c1-4-7-9-11-13-15-24-40(25-16-14-12-10-8-5-2)29-35-28-36(32-22-20-31(30-41)21-23-32)45-37(44-35)33-18-17-19-34(27-33)39-38(42)43-26-6-3/h6,17-23,27,35-37,41H,3-5,7-16,24-26,28-30H2,1-2H3,(H,39,42). The van der Waals surface area contributed by atoms with Crippen LogP contribution in [0.4, 0.5) is 10.5 Å². The highest BCUT2D eigenvalue weighted by atomic mass is 16.7. The summed E-state index contributed by atoms with van der Waals surface area (Å²) in [7, 11) is 0. The molecule has 1 fully saturated rings. The van der Waals surface area contributed by atoms with E-state index in [-0.39, 0.29) is 25.4 Å². The molecule has 1 heterocycles. The van der Waals surface area contributed by atoms with Crippen LogP contribution >= 0.6 is 0 Å². The largest absolute Gasteiger partial charge is 0.445 e. The molecule has 2 aromatic carbocycles. The van der Waals surface area contributed by atoms with Gasteiger partial charge in [-0.25, -0.2) is 4.79 Å². The van der Waals surface area contributed by atoms with Crippen molar-refractivity contribution in [3.05, 3.63) is 77.9 Å². The average molecular weight is 623 g/mol. The lowest BCUT2D eigenvalue weighted by atomic mass is 9.99. The second-order valence-corrected chi connectivity index (χ2v) is 12.3. The summed E-state index contributed by atoms with van der Waals surface area (Å²) in [5, 5.41) is 12.4. The van der Waals surface area contributed by atoms with Gasteiger partial charge in [0.05, 0.1) is 18.8 Å². The van der Waals surface area contributed by atoms with Gasteiger partial charge < -0.3 is 24.2 Å². The number of carbonyl (C=O) groups is 1. The first-order chi connectivity index (χ1) is 22.1. The van der Waals surface area contributed by atoms with Gasteiger partial charge in [-0.3, -0.25) is 5.32 Å². The minimum absolute atomic E-state index is 0.0133. The molecule has 0 aliphatic carbocycles. The first kappa shape index (κ1) is 36.8. The number of nitrogens with zero attached hydrogens (tertiary/aromatic N) is 1. The Kier molecular flexibility index (Phi) is 17.9. The van der Waals surface area contributed by atoms with Crippen LogP contribution in [0.5, 0.6) is 0 Å². The molecule has 45 heavy (non-hydrogen) atoms. The molecule has 1 aliphatic heterocycles. The summed E-state index contributed by atoms with van der Waals surface area (Å²) in [6, 6.07) is 15.6. The summed E-state index contributed by atoms with van der Waals surface area (Å²) < 4.78 is 18.4. The lowest BCUT2D eigenvalue weighted by molar-refractivity contribution is -0.253. The number of aliphatic hydroxyl groups excluding tert-OH is 1. The van der Waals surface area contributed by atoms with Crippen LogP contribution in [-0.4, -0.2) is 48.4 Å². The van der Waals surface area contributed by atoms with Gasteiger partial charge in [-0.1, -0.05) is 127 Å². The van der Waals surface area contributed by atoms with Crippen LogP contribution in [0, 0.1) is 0 Å². The third-order valence-corrected chi connectivity index (χ3v) is 8.47. The second-order valence-electron chi connectivity index (χ2n) is 12.3. The van der Waals surface area contributed by atoms with Crippen molar-refractivity contribution in [1.82, 2.24) is 4.90 Å². The van der Waals surface area contributed by atoms with Crippen LogP contribution < -0.4 is 5.32 Å². The number of aliphatic hydroxyl groups is 1. The SMILES string of the molecule is C=CCOC(=O)Nc1cccc(C2OC(CN(CCCCCCCC)CCCCCCCC)CC(c3ccc(CO)cc3)O2)c1. The van der Waals surface area contributed by atoms with E-state index in [9.17, 15) is 9.90 Å². The smallest absolute Gasteiger partial charge is 0.411 e. The van der Waals surface area contributed by atoms with Gasteiger partial charge in [0.25, 0.3) is 0 Å². The summed E-state index contributed by atoms with van der Waals surface area (Å²) >= 11 is 0. The van der Waals surface area contributed by atoms with E-state index in [0.717, 1.165) is 42.7 Å². The summed E-state index contributed by atoms with van der Waals surface area (Å²) in [6.07, 6.45) is 16.5. The average Bonchev–Trinajstić information content (AvgIpc) is 3.06. The maximum Gasteiger partial charge on any atom is 0.411 e. The fraction of sp³-hybridized carbons (Fsp3) is 0.605. The highest BCUT2D eigenvalue weighted by Crippen LogP contribution is 2.38. The van der Waals surface area contributed by atoms with E-state index in [4.69, 9.17) is 14.2 Å². The summed E-state index contributed by atoms with van der Waals surface area (Å²) in [5.41, 5.74) is 3.42. The number of anilines is 1. The molecule has 0 aromatic heterocycles. The molecule has 3 rings (SSSR count). The van der Waals surface area contributed by atoms with Crippen LogP contribution in [0.1, 0.15) is 126 Å². The number of benzene rings is 2. The molecule has 0 spiro atoms. The maximum atomic E-state index is 12.2. The van der Waals surface area contributed by atoms with E-state index in [1.165, 1.54) is 83.1 Å². The number of ether oxygens (including phenoxy) is 3. The third kappa shape index (κ3) is 14.1. The highest BCUT2D eigenvalue weighted by molar-refractivity contribution is 5.84. The Labute approximate surface area is 272 Å². The van der Waals surface area contributed by atoms with Crippen molar-refractivity contribution >= 4 is 11.8 Å². The van der Waals surface area contributed by atoms with E-state index in [1.807, 2.05) is 48.5 Å². The van der Waals surface area contributed by atoms with Crippen LogP contribution in [0.25, 0.3) is 0 Å². The van der Waals surface area contributed by atoms with Gasteiger partial charge >= 0.3 is 6.09 Å². The van der Waals surface area contributed by atoms with E-state index >= 15 is 0 Å². The van der Waals surface area contributed by atoms with Gasteiger partial charge in [0.1, 0.15) is 6.61 Å². The van der Waals surface area contributed by atoms with Crippen molar-refractivity contribution in [2.45, 2.75) is 122 Å². The first-order valence-corrected chi connectivity index (χ1v) is 17.4. The lowest BCUT2D eigenvalue weighted by Gasteiger charge is -2.38. The van der Waals surface area contributed by atoms with Crippen molar-refractivity contribution in [1.29, 1.82) is 0 Å². The Balaban J connectivity index is 1.74. The Morgan fingerprint density at radius 2 is 1.56 bits per heavy atom. The lowest BCUT2D eigenvalue weighted by Crippen LogP contribution is -2.40. The molecule has 1 saturated heterocycles. The number of amides is 1. The summed E-state index contributed by atoms with van der Waals surface area (Å²) in [6.45, 7) is 11.3. The zero-order valence-electron chi connectivity index (χ0n) is 27.9. The minimum Gasteiger partial charge on any atom is -0.445 e. The normalized spacial score (nSPS) is 18.2. The molecule has 1 aliphatic rings. The molecule has 1 amide bonds. The number of unbranched alkanes of at least 4 members (excludes halogenated alkanes) is 10. The van der Waals surface area contributed by atoms with Crippen LogP contribution in [-0.2, 0) is 20.8 Å². The molecule has 7 nitrogen and oxygen atoms in total.